The second-order valence-electron chi connectivity index (χ2n) is 7.56. The van der Waals surface area contributed by atoms with E-state index in [1.54, 1.807) is 29.7 Å². The summed E-state index contributed by atoms with van der Waals surface area (Å²) in [5, 5.41) is 4.87. The molecule has 7 heteroatoms. The normalized spacial score (nSPS) is 14.2. The number of fused-ring (bicyclic) bond motifs is 1. The molecule has 1 N–H and O–H groups in total. The molecule has 2 aromatic heterocycles. The lowest BCUT2D eigenvalue weighted by molar-refractivity contribution is 0.0746. The maximum absolute atomic E-state index is 13.2. The molecule has 1 fully saturated rings. The Kier molecular flexibility index (Phi) is 5.03. The third-order valence-electron chi connectivity index (χ3n) is 5.72. The van der Waals surface area contributed by atoms with Crippen LogP contribution in [0.5, 0.6) is 0 Å². The molecule has 1 saturated heterocycles. The van der Waals surface area contributed by atoms with E-state index in [9.17, 15) is 14.0 Å². The number of carbonyl (C=O) groups is 2. The number of halogens is 1. The number of thiophene rings is 1. The molecule has 5 nitrogen and oxygen atoms in total. The Morgan fingerprint density at radius 1 is 0.935 bits per heavy atom. The fourth-order valence-electron chi connectivity index (χ4n) is 3.99. The van der Waals surface area contributed by atoms with Crippen LogP contribution in [0, 0.1) is 5.82 Å². The lowest BCUT2D eigenvalue weighted by Gasteiger charge is -2.35. The van der Waals surface area contributed by atoms with E-state index in [1.165, 1.54) is 30.0 Å². The zero-order valence-corrected chi connectivity index (χ0v) is 17.5. The van der Waals surface area contributed by atoms with Crippen molar-refractivity contribution in [2.45, 2.75) is 0 Å². The van der Waals surface area contributed by atoms with Crippen molar-refractivity contribution < 1.29 is 14.0 Å². The van der Waals surface area contributed by atoms with Gasteiger partial charge in [-0.25, -0.2) is 4.39 Å². The van der Waals surface area contributed by atoms with Crippen LogP contribution in [0.3, 0.4) is 0 Å². The zero-order chi connectivity index (χ0) is 21.4. The van der Waals surface area contributed by atoms with Crippen LogP contribution in [0.25, 0.3) is 10.9 Å². The summed E-state index contributed by atoms with van der Waals surface area (Å²) in [6, 6.07) is 13.0. The van der Waals surface area contributed by atoms with Crippen LogP contribution in [-0.4, -0.2) is 47.8 Å². The van der Waals surface area contributed by atoms with Gasteiger partial charge in [-0.2, -0.15) is 11.3 Å². The van der Waals surface area contributed by atoms with Crippen molar-refractivity contribution in [2.24, 2.45) is 0 Å². The van der Waals surface area contributed by atoms with Gasteiger partial charge in [-0.15, -0.1) is 0 Å². The maximum Gasteiger partial charge on any atom is 0.253 e. The van der Waals surface area contributed by atoms with Crippen molar-refractivity contribution in [3.8, 4) is 0 Å². The number of ketones is 1. The van der Waals surface area contributed by atoms with Gasteiger partial charge in [0.2, 0.25) is 0 Å². The van der Waals surface area contributed by atoms with Crippen LogP contribution >= 0.6 is 11.3 Å². The molecule has 0 bridgehead atoms. The average molecular weight is 434 g/mol. The van der Waals surface area contributed by atoms with E-state index in [1.807, 2.05) is 11.0 Å². The number of benzene rings is 2. The lowest BCUT2D eigenvalue weighted by Crippen LogP contribution is -2.48. The SMILES string of the molecule is O=C(c1ccc(F)cc1)c1c[nH]c2ccc(C(=O)N3CCN(c4ccsc4)CC3)cc12. The number of H-pyrrole nitrogens is 1. The minimum Gasteiger partial charge on any atom is -0.367 e. The number of rotatable bonds is 4. The van der Waals surface area contributed by atoms with Crippen LogP contribution in [0.2, 0.25) is 0 Å². The molecule has 0 atom stereocenters. The Balaban J connectivity index is 1.37. The Morgan fingerprint density at radius 2 is 1.68 bits per heavy atom. The minimum absolute atomic E-state index is 0.0340. The smallest absolute Gasteiger partial charge is 0.253 e. The number of amides is 1. The molecular weight excluding hydrogens is 413 g/mol. The molecule has 1 amide bonds. The first-order valence-corrected chi connectivity index (χ1v) is 11.0. The predicted octanol–water partition coefficient (Wildman–Crippen LogP) is 4.56. The number of nitrogens with zero attached hydrogens (tertiary/aromatic N) is 2. The molecule has 5 rings (SSSR count). The summed E-state index contributed by atoms with van der Waals surface area (Å²) >= 11 is 1.67. The van der Waals surface area contributed by atoms with Crippen molar-refractivity contribution >= 4 is 39.6 Å². The second-order valence-corrected chi connectivity index (χ2v) is 8.34. The molecule has 1 aliphatic rings. The summed E-state index contributed by atoms with van der Waals surface area (Å²) in [7, 11) is 0. The van der Waals surface area contributed by atoms with Crippen molar-refractivity contribution in [3.05, 3.63) is 88.0 Å². The van der Waals surface area contributed by atoms with Gasteiger partial charge in [-0.3, -0.25) is 9.59 Å². The Morgan fingerprint density at radius 3 is 2.39 bits per heavy atom. The van der Waals surface area contributed by atoms with E-state index in [4.69, 9.17) is 0 Å². The van der Waals surface area contributed by atoms with E-state index in [2.05, 4.69) is 26.7 Å². The van der Waals surface area contributed by atoms with Crippen molar-refractivity contribution in [1.82, 2.24) is 9.88 Å². The highest BCUT2D eigenvalue weighted by Crippen LogP contribution is 2.25. The van der Waals surface area contributed by atoms with Gasteiger partial charge in [-0.05, 0) is 53.9 Å². The van der Waals surface area contributed by atoms with Gasteiger partial charge in [0, 0.05) is 71.0 Å². The minimum atomic E-state index is -0.387. The molecule has 0 radical (unpaired) electrons. The first-order chi connectivity index (χ1) is 15.1. The summed E-state index contributed by atoms with van der Waals surface area (Å²) in [4.78, 5) is 33.3. The third kappa shape index (κ3) is 3.72. The van der Waals surface area contributed by atoms with E-state index < -0.39 is 0 Å². The Hall–Kier alpha value is -3.45. The number of aromatic nitrogens is 1. The lowest BCUT2D eigenvalue weighted by atomic mass is 10.0. The highest BCUT2D eigenvalue weighted by Gasteiger charge is 2.23. The van der Waals surface area contributed by atoms with E-state index in [0.29, 0.717) is 35.2 Å². The monoisotopic (exact) mass is 433 g/mol. The van der Waals surface area contributed by atoms with Gasteiger partial charge < -0.3 is 14.8 Å². The van der Waals surface area contributed by atoms with Crippen molar-refractivity contribution in [2.75, 3.05) is 31.1 Å². The van der Waals surface area contributed by atoms with E-state index >= 15 is 0 Å². The van der Waals surface area contributed by atoms with E-state index in [-0.39, 0.29) is 17.5 Å². The van der Waals surface area contributed by atoms with Crippen LogP contribution in [0.4, 0.5) is 10.1 Å². The first kappa shape index (κ1) is 19.5. The summed E-state index contributed by atoms with van der Waals surface area (Å²) in [5.74, 6) is -0.629. The van der Waals surface area contributed by atoms with Crippen LogP contribution in [0.1, 0.15) is 26.3 Å². The van der Waals surface area contributed by atoms with E-state index in [0.717, 1.165) is 18.6 Å². The largest absolute Gasteiger partial charge is 0.367 e. The summed E-state index contributed by atoms with van der Waals surface area (Å²) in [6.07, 6.45) is 1.64. The van der Waals surface area contributed by atoms with Crippen LogP contribution in [0.15, 0.2) is 65.5 Å². The van der Waals surface area contributed by atoms with Gasteiger partial charge in [0.1, 0.15) is 5.82 Å². The molecular formula is C24H20FN3O2S. The topological polar surface area (TPSA) is 56.4 Å². The number of anilines is 1. The molecule has 4 aromatic rings. The fourth-order valence-corrected chi connectivity index (χ4v) is 4.65. The summed E-state index contributed by atoms with van der Waals surface area (Å²) < 4.78 is 13.2. The average Bonchev–Trinajstić information content (AvgIpc) is 3.49. The van der Waals surface area contributed by atoms with Crippen LogP contribution < -0.4 is 4.90 Å². The number of aromatic amines is 1. The van der Waals surface area contributed by atoms with Gasteiger partial charge in [0.05, 0.1) is 0 Å². The molecule has 0 unspecified atom stereocenters. The maximum atomic E-state index is 13.2. The van der Waals surface area contributed by atoms with Crippen molar-refractivity contribution in [1.29, 1.82) is 0 Å². The number of hydrogen-bond acceptors (Lipinski definition) is 4. The fraction of sp³-hybridized carbons (Fsp3) is 0.167. The zero-order valence-electron chi connectivity index (χ0n) is 16.7. The van der Waals surface area contributed by atoms with Gasteiger partial charge in [-0.1, -0.05) is 0 Å². The highest BCUT2D eigenvalue weighted by molar-refractivity contribution is 7.08. The third-order valence-corrected chi connectivity index (χ3v) is 6.39. The quantitative estimate of drug-likeness (QED) is 0.480. The van der Waals surface area contributed by atoms with Gasteiger partial charge in [0.25, 0.3) is 5.91 Å². The molecule has 0 saturated carbocycles. The standard InChI is InChI=1S/C24H20FN3O2S/c25-18-4-1-16(2-5-18)23(29)21-14-26-22-6-3-17(13-20(21)22)24(30)28-10-8-27(9-11-28)19-7-12-31-15-19/h1-7,12-15,26H,8-11H2. The molecule has 31 heavy (non-hydrogen) atoms. The summed E-state index contributed by atoms with van der Waals surface area (Å²) in [5.41, 5.74) is 3.42. The number of carbonyl (C=O) groups excluding carboxylic acids is 2. The van der Waals surface area contributed by atoms with Gasteiger partial charge in [0.15, 0.2) is 5.78 Å². The molecule has 156 valence electrons. The van der Waals surface area contributed by atoms with Crippen molar-refractivity contribution in [3.63, 3.8) is 0 Å². The number of nitrogens with one attached hydrogen (secondary N) is 1. The molecule has 0 aliphatic carbocycles. The highest BCUT2D eigenvalue weighted by atomic mass is 32.1. The number of hydrogen-bond donors (Lipinski definition) is 1. The Bertz CT molecular complexity index is 1240. The van der Waals surface area contributed by atoms with Gasteiger partial charge >= 0.3 is 0 Å². The Labute approximate surface area is 182 Å². The molecule has 2 aromatic carbocycles. The second kappa shape index (κ2) is 8.00. The summed E-state index contributed by atoms with van der Waals surface area (Å²) in [6.45, 7) is 2.90. The molecule has 1 aliphatic heterocycles. The molecule has 3 heterocycles. The molecule has 0 spiro atoms. The van der Waals surface area contributed by atoms with Crippen LogP contribution in [-0.2, 0) is 0 Å². The predicted molar refractivity (Wildman–Crippen MR) is 121 cm³/mol. The number of piperazine rings is 1. The first-order valence-electron chi connectivity index (χ1n) is 10.1.